The van der Waals surface area contributed by atoms with Gasteiger partial charge in [0.1, 0.15) is 0 Å². The highest BCUT2D eigenvalue weighted by Crippen LogP contribution is 2.58. The molecule has 0 bridgehead atoms. The molecule has 0 aromatic rings. The van der Waals surface area contributed by atoms with Gasteiger partial charge >= 0.3 is 15.6 Å². The van der Waals surface area contributed by atoms with Gasteiger partial charge in [0.05, 0.1) is 0 Å². The first-order valence-electron chi connectivity index (χ1n) is 1.75. The average Bonchev–Trinajstić information content (AvgIpc) is 1.60. The van der Waals surface area contributed by atoms with Crippen molar-refractivity contribution in [2.75, 3.05) is 0 Å². The molecule has 0 amide bonds. The maximum Gasteiger partial charge on any atom is 0.483 e. The molecule has 0 heterocycles. The molecule has 0 rings (SSSR count). The first-order valence-corrected chi connectivity index (χ1v) is 5.25. The molecule has 0 aliphatic carbocycles. The zero-order valence-electron chi connectivity index (χ0n) is 6.57. The predicted molar refractivity (Wildman–Crippen MR) is 48.8 cm³/mol. The van der Waals surface area contributed by atoms with Gasteiger partial charge in [0.15, 0.2) is 0 Å². The van der Waals surface area contributed by atoms with E-state index in [1.165, 1.54) is 9.47 Å². The molecular weight excluding hydrogens is 247 g/mol. The monoisotopic (exact) mass is 261 g/mol. The van der Waals surface area contributed by atoms with Gasteiger partial charge in [-0.15, -0.1) is 0 Å². The maximum atomic E-state index is 10.2. The molecule has 86 valence electrons. The van der Waals surface area contributed by atoms with Crippen molar-refractivity contribution in [3.05, 3.63) is 0 Å². The largest absolute Gasteiger partial charge is 0.483 e. The average molecular weight is 261 g/mol. The first-order chi connectivity index (χ1) is 4.27. The van der Waals surface area contributed by atoms with E-state index in [1.54, 1.807) is 0 Å². The summed E-state index contributed by atoms with van der Waals surface area (Å²) in [6.45, 7) is 0. The van der Waals surface area contributed by atoms with Crippen LogP contribution in [0.15, 0.2) is 0 Å². The summed E-state index contributed by atoms with van der Waals surface area (Å²) in [6.07, 6.45) is 0. The number of phosphoric acid groups is 2. The van der Waals surface area contributed by atoms with Gasteiger partial charge < -0.3 is 33.1 Å². The lowest BCUT2D eigenvalue weighted by molar-refractivity contribution is 0.236. The van der Waals surface area contributed by atoms with E-state index in [9.17, 15) is 9.13 Å². The molecule has 0 radical (unpaired) electrons. The van der Waals surface area contributed by atoms with E-state index < -0.39 is 15.6 Å². The molecule has 10 nitrogen and oxygen atoms in total. The molecule has 2 unspecified atom stereocenters. The molecule has 0 aliphatic rings. The molecule has 0 saturated carbocycles. The van der Waals surface area contributed by atoms with E-state index in [1.807, 2.05) is 0 Å². The molecule has 0 fully saturated rings. The van der Waals surface area contributed by atoms with Crippen LogP contribution in [0.5, 0.6) is 0 Å². The quantitative estimate of drug-likeness (QED) is 0.385. The molecule has 13 heteroatoms. The summed E-state index contributed by atoms with van der Waals surface area (Å²) in [5.74, 6) is 0. The Kier molecular flexibility index (Phi) is 14.3. The summed E-state index contributed by atoms with van der Waals surface area (Å²) in [6, 6.07) is 0. The van der Waals surface area contributed by atoms with E-state index in [-0.39, 0.29) is 18.5 Å². The lowest BCUT2D eigenvalue weighted by Crippen LogP contribution is -1.85. The Bertz CT molecular complexity index is 197. The van der Waals surface area contributed by atoms with Gasteiger partial charge in [-0.1, -0.05) is 0 Å². The summed E-state index contributed by atoms with van der Waals surface area (Å²) in [5, 5.41) is 0. The van der Waals surface area contributed by atoms with Crippen molar-refractivity contribution in [2.24, 2.45) is 0 Å². The molecule has 13 heavy (non-hydrogen) atoms. The van der Waals surface area contributed by atoms with Crippen LogP contribution in [0.3, 0.4) is 0 Å². The second-order valence-electron chi connectivity index (χ2n) is 1.15. The first kappa shape index (κ1) is 23.4. The number of hydrogen-bond acceptors (Lipinski definition) is 7. The van der Waals surface area contributed by atoms with Gasteiger partial charge in [-0.05, 0) is 0 Å². The third-order valence-corrected chi connectivity index (χ3v) is 3.08. The van der Waals surface area contributed by atoms with Crippen molar-refractivity contribution in [2.45, 2.75) is 0 Å². The summed E-state index contributed by atoms with van der Waals surface area (Å²) in [5.41, 5.74) is 0. The Morgan fingerprint density at radius 1 is 1.00 bits per heavy atom. The smallest absolute Gasteiger partial charge is 0.344 e. The molecule has 2 atom stereocenters. The normalized spacial score (nSPS) is 14.2. The van der Waals surface area contributed by atoms with Crippen molar-refractivity contribution < 1.29 is 32.4 Å². The maximum absolute atomic E-state index is 10.2. The molecular formula is H14N3O7P3. The highest BCUT2D eigenvalue weighted by molar-refractivity contribution is 7.62. The fourth-order valence-corrected chi connectivity index (χ4v) is 1.73. The molecule has 0 saturated heterocycles. The fraction of sp³-hybridized carbons (Fsp3) is 0. The van der Waals surface area contributed by atoms with Crippen molar-refractivity contribution in [3.8, 4) is 0 Å². The highest BCUT2D eigenvalue weighted by Gasteiger charge is 2.30. The summed E-state index contributed by atoms with van der Waals surface area (Å²) in [4.78, 5) is 24.2. The van der Waals surface area contributed by atoms with Crippen LogP contribution in [0, 0.1) is 0 Å². The van der Waals surface area contributed by atoms with Crippen LogP contribution in [0.25, 0.3) is 0 Å². The fourth-order valence-electron chi connectivity index (χ4n) is 0.154. The third-order valence-electron chi connectivity index (χ3n) is 0.343. The summed E-state index contributed by atoms with van der Waals surface area (Å²) < 4.78 is 27.0. The second kappa shape index (κ2) is 7.93. The van der Waals surface area contributed by atoms with Crippen LogP contribution < -0.4 is 18.5 Å². The zero-order chi connectivity index (χ0) is 8.41. The Morgan fingerprint density at radius 2 is 1.31 bits per heavy atom. The Morgan fingerprint density at radius 3 is 1.38 bits per heavy atom. The van der Waals surface area contributed by atoms with E-state index in [4.69, 9.17) is 14.7 Å². The minimum absolute atomic E-state index is 0. The minimum atomic E-state index is -4.96. The van der Waals surface area contributed by atoms with Crippen LogP contribution in [0.1, 0.15) is 0 Å². The Labute approximate surface area is 76.9 Å². The van der Waals surface area contributed by atoms with Crippen molar-refractivity contribution >= 4 is 25.1 Å². The van der Waals surface area contributed by atoms with E-state index in [0.29, 0.717) is 0 Å². The molecule has 0 aromatic carbocycles. The van der Waals surface area contributed by atoms with Crippen LogP contribution in [0.2, 0.25) is 0 Å². The lowest BCUT2D eigenvalue weighted by atomic mass is 14.0. The topological polar surface area (TPSA) is 218 Å². The SMILES string of the molecule is N.N.N.O=P(O)(O)OP(=O)(O)OP. The molecule has 12 N–H and O–H groups in total. The van der Waals surface area contributed by atoms with Crippen LogP contribution in [-0.2, 0) is 17.8 Å². The zero-order valence-corrected chi connectivity index (χ0v) is 9.51. The second-order valence-corrected chi connectivity index (χ2v) is 4.56. The van der Waals surface area contributed by atoms with Gasteiger partial charge in [-0.3, -0.25) is 4.31 Å². The van der Waals surface area contributed by atoms with Gasteiger partial charge in [-0.25, -0.2) is 9.13 Å². The van der Waals surface area contributed by atoms with Crippen molar-refractivity contribution in [3.63, 3.8) is 0 Å². The molecule has 0 aromatic heterocycles. The summed E-state index contributed by atoms with van der Waals surface area (Å²) >= 11 is 0. The lowest BCUT2D eigenvalue weighted by Gasteiger charge is -2.07. The van der Waals surface area contributed by atoms with Crippen LogP contribution in [0.4, 0.5) is 0 Å². The Balaban J connectivity index is -0.000000135. The van der Waals surface area contributed by atoms with E-state index >= 15 is 0 Å². The van der Waals surface area contributed by atoms with Crippen molar-refractivity contribution in [1.29, 1.82) is 0 Å². The van der Waals surface area contributed by atoms with Gasteiger partial charge in [0.25, 0.3) is 0 Å². The molecule has 0 aliphatic heterocycles. The predicted octanol–water partition coefficient (Wildman–Crippen LogP) is 0.489. The van der Waals surface area contributed by atoms with E-state index in [0.717, 1.165) is 0 Å². The summed E-state index contributed by atoms with van der Waals surface area (Å²) in [7, 11) is -8.20. The third kappa shape index (κ3) is 15.3. The van der Waals surface area contributed by atoms with Crippen molar-refractivity contribution in [1.82, 2.24) is 18.5 Å². The van der Waals surface area contributed by atoms with Gasteiger partial charge in [-0.2, -0.15) is 4.31 Å². The standard InChI is InChI=1S/3H3N.H5O7P3/c;;;1-9(2,3)7-10(4,5)6-8/h3*1H3;8H2,(H,4,5)(H2,1,2,3). The van der Waals surface area contributed by atoms with Gasteiger partial charge in [0.2, 0.25) is 0 Å². The van der Waals surface area contributed by atoms with Crippen LogP contribution >= 0.6 is 25.1 Å². The van der Waals surface area contributed by atoms with Gasteiger partial charge in [0, 0.05) is 9.47 Å². The van der Waals surface area contributed by atoms with E-state index in [2.05, 4.69) is 8.62 Å². The Hall–Kier alpha value is 0.570. The number of hydrogen-bond donors (Lipinski definition) is 6. The molecule has 0 spiro atoms. The highest BCUT2D eigenvalue weighted by atomic mass is 31.3. The number of rotatable bonds is 3. The van der Waals surface area contributed by atoms with Crippen LogP contribution in [-0.4, -0.2) is 14.7 Å². The minimum Gasteiger partial charge on any atom is -0.344 e.